The maximum Gasteiger partial charge on any atom is 0.286 e. The normalized spacial score (nSPS) is 12.8. The molecule has 118 valence electrons. The Bertz CT molecular complexity index is 1030. The van der Waals surface area contributed by atoms with Crippen molar-refractivity contribution in [2.45, 2.75) is 0 Å². The topological polar surface area (TPSA) is 73.3 Å². The molecule has 0 fully saturated rings. The van der Waals surface area contributed by atoms with Crippen LogP contribution in [0, 0.1) is 0 Å². The maximum atomic E-state index is 12.4. The lowest BCUT2D eigenvalue weighted by molar-refractivity contribution is 0.102. The molecule has 4 aromatic rings. The summed E-state index contributed by atoms with van der Waals surface area (Å²) in [5.41, 5.74) is 1.59. The van der Waals surface area contributed by atoms with Crippen LogP contribution in [0.2, 0.25) is 0 Å². The average molecular weight is 355 g/mol. The monoisotopic (exact) mass is 355 g/mol. The van der Waals surface area contributed by atoms with E-state index in [0.717, 1.165) is 20.4 Å². The molecule has 0 radical (unpaired) electrons. The van der Waals surface area contributed by atoms with Crippen molar-refractivity contribution < 1.29 is 14.3 Å². The first-order valence-corrected chi connectivity index (χ1v) is 8.77. The van der Waals surface area contributed by atoms with Crippen LogP contribution in [-0.4, -0.2) is 22.7 Å². The largest absolute Gasteiger partial charge is 0.454 e. The van der Waals surface area contributed by atoms with Crippen molar-refractivity contribution in [3.8, 4) is 11.5 Å². The lowest BCUT2D eigenvalue weighted by atomic mass is 10.3. The Morgan fingerprint density at radius 1 is 1.00 bits per heavy atom. The summed E-state index contributed by atoms with van der Waals surface area (Å²) in [6, 6.07) is 11.4. The van der Waals surface area contributed by atoms with Crippen LogP contribution < -0.4 is 14.8 Å². The smallest absolute Gasteiger partial charge is 0.286 e. The molecular formula is C16H9N3O3S2. The van der Waals surface area contributed by atoms with Crippen LogP contribution in [-0.2, 0) is 0 Å². The van der Waals surface area contributed by atoms with E-state index in [0.29, 0.717) is 21.6 Å². The molecule has 0 atom stereocenters. The maximum absolute atomic E-state index is 12.4. The number of rotatable bonds is 2. The molecule has 1 N–H and O–H groups in total. The number of para-hydroxylation sites is 1. The highest BCUT2D eigenvalue weighted by molar-refractivity contribution is 7.22. The van der Waals surface area contributed by atoms with Crippen LogP contribution in [0.3, 0.4) is 0 Å². The van der Waals surface area contributed by atoms with Gasteiger partial charge in [-0.3, -0.25) is 10.1 Å². The highest BCUT2D eigenvalue weighted by Crippen LogP contribution is 2.39. The van der Waals surface area contributed by atoms with E-state index < -0.39 is 0 Å². The van der Waals surface area contributed by atoms with Gasteiger partial charge in [0.25, 0.3) is 5.91 Å². The number of nitrogens with one attached hydrogen (secondary N) is 1. The van der Waals surface area contributed by atoms with Gasteiger partial charge in [0.15, 0.2) is 21.6 Å². The summed E-state index contributed by atoms with van der Waals surface area (Å²) in [6.45, 7) is 0.230. The van der Waals surface area contributed by atoms with E-state index in [-0.39, 0.29) is 12.7 Å². The molecule has 5 rings (SSSR count). The van der Waals surface area contributed by atoms with E-state index in [2.05, 4.69) is 15.3 Å². The summed E-state index contributed by atoms with van der Waals surface area (Å²) in [5.74, 6) is 1.13. The summed E-state index contributed by atoms with van der Waals surface area (Å²) in [6.07, 6.45) is 0. The number of amides is 1. The van der Waals surface area contributed by atoms with Crippen molar-refractivity contribution in [1.82, 2.24) is 9.97 Å². The molecule has 0 aliphatic carbocycles. The van der Waals surface area contributed by atoms with Gasteiger partial charge in [0.1, 0.15) is 0 Å². The molecular weight excluding hydrogens is 346 g/mol. The molecule has 1 amide bonds. The number of hydrogen-bond donors (Lipinski definition) is 1. The number of ether oxygens (including phenoxy) is 2. The Balaban J connectivity index is 1.46. The van der Waals surface area contributed by atoms with Gasteiger partial charge >= 0.3 is 0 Å². The number of fused-ring (bicyclic) bond motifs is 3. The first-order valence-electron chi connectivity index (χ1n) is 7.13. The second kappa shape index (κ2) is 5.15. The molecule has 3 heterocycles. The number of benzene rings is 2. The summed E-state index contributed by atoms with van der Waals surface area (Å²) >= 11 is 2.75. The zero-order valence-corrected chi connectivity index (χ0v) is 13.7. The second-order valence-corrected chi connectivity index (χ2v) is 7.19. The summed E-state index contributed by atoms with van der Waals surface area (Å²) in [4.78, 5) is 21.2. The minimum atomic E-state index is -0.254. The van der Waals surface area contributed by atoms with Crippen LogP contribution in [0.15, 0.2) is 36.4 Å². The molecule has 24 heavy (non-hydrogen) atoms. The quantitative estimate of drug-likeness (QED) is 0.590. The van der Waals surface area contributed by atoms with Crippen molar-refractivity contribution in [3.63, 3.8) is 0 Å². The van der Waals surface area contributed by atoms with Crippen LogP contribution in [0.4, 0.5) is 5.13 Å². The molecule has 1 aliphatic rings. The van der Waals surface area contributed by atoms with Gasteiger partial charge in [0.2, 0.25) is 6.79 Å². The molecule has 8 heteroatoms. The third-order valence-corrected chi connectivity index (χ3v) is 5.56. The molecule has 2 aromatic carbocycles. The SMILES string of the molecule is O=C(Nc1nc2cc3c(cc2s1)OCO3)c1nc2ccccc2s1. The standard InChI is InChI=1S/C16H9N3O3S2/c20-14(15-17-8-3-1-2-4-12(8)23-15)19-16-18-9-5-10-11(22-7-21-10)6-13(9)24-16/h1-6H,7H2,(H,18,19,20). The van der Waals surface area contributed by atoms with Crippen LogP contribution in [0.25, 0.3) is 20.4 Å². The Morgan fingerprint density at radius 2 is 1.83 bits per heavy atom. The number of aromatic nitrogens is 2. The van der Waals surface area contributed by atoms with Gasteiger partial charge < -0.3 is 9.47 Å². The first kappa shape index (κ1) is 13.7. The molecule has 6 nitrogen and oxygen atoms in total. The first-order chi connectivity index (χ1) is 11.8. The lowest BCUT2D eigenvalue weighted by Crippen LogP contribution is -2.10. The summed E-state index contributed by atoms with van der Waals surface area (Å²) < 4.78 is 12.6. The van der Waals surface area contributed by atoms with Gasteiger partial charge in [-0.2, -0.15) is 0 Å². The second-order valence-electron chi connectivity index (χ2n) is 5.13. The molecule has 2 aromatic heterocycles. The third-order valence-electron chi connectivity index (χ3n) is 3.59. The zero-order valence-electron chi connectivity index (χ0n) is 12.1. The number of hydrogen-bond acceptors (Lipinski definition) is 7. The van der Waals surface area contributed by atoms with E-state index in [9.17, 15) is 4.79 Å². The van der Waals surface area contributed by atoms with Gasteiger partial charge in [0, 0.05) is 12.1 Å². The lowest BCUT2D eigenvalue weighted by Gasteiger charge is -1.96. The highest BCUT2D eigenvalue weighted by atomic mass is 32.1. The van der Waals surface area contributed by atoms with Gasteiger partial charge in [-0.15, -0.1) is 11.3 Å². The van der Waals surface area contributed by atoms with Crippen molar-refractivity contribution in [2.75, 3.05) is 12.1 Å². The predicted octanol–water partition coefficient (Wildman–Crippen LogP) is 3.89. The number of carbonyl (C=O) groups excluding carboxylic acids is 1. The predicted molar refractivity (Wildman–Crippen MR) is 93.3 cm³/mol. The van der Waals surface area contributed by atoms with Crippen molar-refractivity contribution in [1.29, 1.82) is 0 Å². The molecule has 1 aliphatic heterocycles. The number of nitrogens with zero attached hydrogens (tertiary/aromatic N) is 2. The number of anilines is 1. The molecule has 0 saturated carbocycles. The van der Waals surface area contributed by atoms with E-state index in [1.54, 1.807) is 0 Å². The minimum Gasteiger partial charge on any atom is -0.454 e. The molecule has 0 saturated heterocycles. The van der Waals surface area contributed by atoms with E-state index in [4.69, 9.17) is 9.47 Å². The fourth-order valence-electron chi connectivity index (χ4n) is 2.49. The minimum absolute atomic E-state index is 0.230. The summed E-state index contributed by atoms with van der Waals surface area (Å²) in [7, 11) is 0. The van der Waals surface area contributed by atoms with E-state index in [1.807, 2.05) is 36.4 Å². The third kappa shape index (κ3) is 2.19. The van der Waals surface area contributed by atoms with Crippen LogP contribution >= 0.6 is 22.7 Å². The van der Waals surface area contributed by atoms with Crippen LogP contribution in [0.5, 0.6) is 11.5 Å². The van der Waals surface area contributed by atoms with Crippen molar-refractivity contribution in [3.05, 3.63) is 41.4 Å². The molecule has 0 spiro atoms. The van der Waals surface area contributed by atoms with Crippen molar-refractivity contribution in [2.24, 2.45) is 0 Å². The Kier molecular flexibility index (Phi) is 2.94. The fraction of sp³-hybridized carbons (Fsp3) is 0.0625. The highest BCUT2D eigenvalue weighted by Gasteiger charge is 2.18. The van der Waals surface area contributed by atoms with Crippen LogP contribution in [0.1, 0.15) is 9.80 Å². The zero-order chi connectivity index (χ0) is 16.1. The van der Waals surface area contributed by atoms with Crippen molar-refractivity contribution >= 4 is 54.1 Å². The number of thiazole rings is 2. The summed E-state index contributed by atoms with van der Waals surface area (Å²) in [5, 5.41) is 3.77. The van der Waals surface area contributed by atoms with Gasteiger partial charge in [-0.25, -0.2) is 9.97 Å². The number of carbonyl (C=O) groups is 1. The van der Waals surface area contributed by atoms with Gasteiger partial charge in [0.05, 0.1) is 20.4 Å². The Morgan fingerprint density at radius 3 is 2.71 bits per heavy atom. The van der Waals surface area contributed by atoms with E-state index in [1.165, 1.54) is 22.7 Å². The van der Waals surface area contributed by atoms with Gasteiger partial charge in [-0.1, -0.05) is 23.5 Å². The van der Waals surface area contributed by atoms with E-state index >= 15 is 0 Å². The Hall–Kier alpha value is -2.71. The molecule has 0 bridgehead atoms. The fourth-order valence-corrected chi connectivity index (χ4v) is 4.22. The average Bonchev–Trinajstić information content (AvgIpc) is 3.28. The molecule has 0 unspecified atom stereocenters. The van der Waals surface area contributed by atoms with Gasteiger partial charge in [-0.05, 0) is 12.1 Å². The Labute approximate surface area is 143 Å².